The van der Waals surface area contributed by atoms with Crippen molar-refractivity contribution in [3.63, 3.8) is 0 Å². The standard InChI is InChI=1S/C15H11ClN4O2/c1-10(16)9-22-14(21)7-6-13-18-19-15-12-5-3-2-4-11(12)8-17-20(13)15/h2-8H,1,9H2. The minimum Gasteiger partial charge on any atom is -0.457 e. The third kappa shape index (κ3) is 2.82. The topological polar surface area (TPSA) is 69.4 Å². The molecule has 0 aliphatic heterocycles. The Morgan fingerprint density at radius 2 is 2.18 bits per heavy atom. The number of halogens is 1. The molecule has 0 atom stereocenters. The minimum atomic E-state index is -0.542. The Hall–Kier alpha value is -2.73. The van der Waals surface area contributed by atoms with Gasteiger partial charge in [0.25, 0.3) is 0 Å². The largest absolute Gasteiger partial charge is 0.457 e. The number of benzene rings is 1. The summed E-state index contributed by atoms with van der Waals surface area (Å²) >= 11 is 5.52. The summed E-state index contributed by atoms with van der Waals surface area (Å²) in [5.74, 6) is -0.109. The highest BCUT2D eigenvalue weighted by Gasteiger charge is 2.08. The molecule has 3 rings (SSSR count). The van der Waals surface area contributed by atoms with E-state index in [-0.39, 0.29) is 11.6 Å². The van der Waals surface area contributed by atoms with Gasteiger partial charge in [-0.05, 0) is 6.08 Å². The maximum Gasteiger partial charge on any atom is 0.331 e. The Balaban J connectivity index is 1.90. The number of carbonyl (C=O) groups is 1. The summed E-state index contributed by atoms with van der Waals surface area (Å²) in [4.78, 5) is 11.5. The van der Waals surface area contributed by atoms with E-state index in [2.05, 4.69) is 21.9 Å². The fourth-order valence-corrected chi connectivity index (χ4v) is 2.01. The van der Waals surface area contributed by atoms with Gasteiger partial charge in [-0.2, -0.15) is 9.61 Å². The first-order valence-electron chi connectivity index (χ1n) is 6.42. The van der Waals surface area contributed by atoms with Crippen molar-refractivity contribution in [1.29, 1.82) is 0 Å². The van der Waals surface area contributed by atoms with Crippen LogP contribution in [0, 0.1) is 0 Å². The van der Waals surface area contributed by atoms with Crippen LogP contribution >= 0.6 is 11.6 Å². The predicted octanol–water partition coefficient (Wildman–Crippen LogP) is 2.59. The molecule has 3 aromatic rings. The van der Waals surface area contributed by atoms with Gasteiger partial charge in [0, 0.05) is 21.9 Å². The molecule has 0 fully saturated rings. The highest BCUT2D eigenvalue weighted by atomic mass is 35.5. The van der Waals surface area contributed by atoms with E-state index in [1.807, 2.05) is 24.3 Å². The molecule has 1 aromatic carbocycles. The van der Waals surface area contributed by atoms with Crippen LogP contribution in [0.2, 0.25) is 0 Å². The van der Waals surface area contributed by atoms with Crippen LogP contribution in [0.15, 0.2) is 48.1 Å². The minimum absolute atomic E-state index is 0.0335. The second-order valence-electron chi connectivity index (χ2n) is 4.48. The Morgan fingerprint density at radius 1 is 1.36 bits per heavy atom. The van der Waals surface area contributed by atoms with Crippen molar-refractivity contribution in [2.24, 2.45) is 0 Å². The van der Waals surface area contributed by atoms with Crippen molar-refractivity contribution in [3.05, 3.63) is 54.0 Å². The quantitative estimate of drug-likeness (QED) is 0.547. The zero-order chi connectivity index (χ0) is 15.5. The van der Waals surface area contributed by atoms with Gasteiger partial charge in [0.05, 0.1) is 6.20 Å². The Bertz CT molecular complexity index is 901. The third-order valence-corrected chi connectivity index (χ3v) is 3.03. The van der Waals surface area contributed by atoms with E-state index in [1.54, 1.807) is 10.7 Å². The lowest BCUT2D eigenvalue weighted by molar-refractivity contribution is -0.136. The zero-order valence-electron chi connectivity index (χ0n) is 11.4. The van der Waals surface area contributed by atoms with Crippen molar-refractivity contribution < 1.29 is 9.53 Å². The molecular formula is C15H11ClN4O2. The molecule has 0 saturated heterocycles. The average molecular weight is 315 g/mol. The Morgan fingerprint density at radius 3 is 3.00 bits per heavy atom. The van der Waals surface area contributed by atoms with E-state index in [4.69, 9.17) is 16.3 Å². The summed E-state index contributed by atoms with van der Waals surface area (Å²) < 4.78 is 6.41. The van der Waals surface area contributed by atoms with Crippen molar-refractivity contribution in [2.45, 2.75) is 0 Å². The molecule has 0 aliphatic carbocycles. The summed E-state index contributed by atoms with van der Waals surface area (Å²) in [5, 5.41) is 14.6. The van der Waals surface area contributed by atoms with E-state index in [9.17, 15) is 4.79 Å². The van der Waals surface area contributed by atoms with Gasteiger partial charge in [0.1, 0.15) is 6.61 Å². The number of rotatable bonds is 4. The van der Waals surface area contributed by atoms with Crippen LogP contribution in [-0.4, -0.2) is 32.4 Å². The van der Waals surface area contributed by atoms with Gasteiger partial charge in [-0.3, -0.25) is 0 Å². The molecule has 0 saturated carbocycles. The fraction of sp³-hybridized carbons (Fsp3) is 0.0667. The lowest BCUT2D eigenvalue weighted by atomic mass is 10.2. The van der Waals surface area contributed by atoms with Crippen LogP contribution in [0.5, 0.6) is 0 Å². The molecule has 0 amide bonds. The molecule has 0 radical (unpaired) electrons. The highest BCUT2D eigenvalue weighted by molar-refractivity contribution is 6.29. The van der Waals surface area contributed by atoms with Gasteiger partial charge in [-0.1, -0.05) is 42.4 Å². The molecule has 0 bridgehead atoms. The first-order chi connectivity index (χ1) is 10.6. The smallest absolute Gasteiger partial charge is 0.331 e. The monoisotopic (exact) mass is 314 g/mol. The number of hydrogen-bond acceptors (Lipinski definition) is 5. The van der Waals surface area contributed by atoms with Crippen LogP contribution in [0.4, 0.5) is 0 Å². The van der Waals surface area contributed by atoms with Crippen molar-refractivity contribution in [2.75, 3.05) is 6.61 Å². The first-order valence-corrected chi connectivity index (χ1v) is 6.80. The van der Waals surface area contributed by atoms with E-state index < -0.39 is 5.97 Å². The Kier molecular flexibility index (Phi) is 3.84. The lowest BCUT2D eigenvalue weighted by Gasteiger charge is -1.99. The molecular weight excluding hydrogens is 304 g/mol. The van der Waals surface area contributed by atoms with Crippen LogP contribution in [0.3, 0.4) is 0 Å². The first kappa shape index (κ1) is 14.2. The van der Waals surface area contributed by atoms with E-state index in [1.165, 1.54) is 12.2 Å². The highest BCUT2D eigenvalue weighted by Crippen LogP contribution is 2.17. The van der Waals surface area contributed by atoms with E-state index in [0.29, 0.717) is 11.5 Å². The number of nitrogens with zero attached hydrogens (tertiary/aromatic N) is 4. The molecule has 0 unspecified atom stereocenters. The summed E-state index contributed by atoms with van der Waals surface area (Å²) in [5.41, 5.74) is 0.625. The number of esters is 1. The van der Waals surface area contributed by atoms with Crippen molar-refractivity contribution >= 4 is 40.1 Å². The normalized spacial score (nSPS) is 11.3. The second-order valence-corrected chi connectivity index (χ2v) is 5.02. The van der Waals surface area contributed by atoms with Crippen LogP contribution in [0.1, 0.15) is 5.82 Å². The molecule has 2 aromatic heterocycles. The van der Waals surface area contributed by atoms with Gasteiger partial charge in [-0.25, -0.2) is 4.79 Å². The summed E-state index contributed by atoms with van der Waals surface area (Å²) in [6, 6.07) is 7.74. The fourth-order valence-electron chi connectivity index (χ4n) is 1.95. The van der Waals surface area contributed by atoms with Gasteiger partial charge < -0.3 is 4.74 Å². The SMILES string of the molecule is C=C(Cl)COC(=O)C=Cc1nnc2c3ccccc3cnn12. The average Bonchev–Trinajstić information content (AvgIpc) is 2.94. The molecule has 0 aliphatic rings. The summed E-state index contributed by atoms with van der Waals surface area (Å²) in [6.07, 6.45) is 4.45. The van der Waals surface area contributed by atoms with Crippen molar-refractivity contribution in [3.8, 4) is 0 Å². The summed E-state index contributed by atoms with van der Waals surface area (Å²) in [6.45, 7) is 3.40. The molecule has 110 valence electrons. The summed E-state index contributed by atoms with van der Waals surface area (Å²) in [7, 11) is 0. The molecule has 22 heavy (non-hydrogen) atoms. The number of carbonyl (C=O) groups excluding carboxylic acids is 1. The predicted molar refractivity (Wildman–Crippen MR) is 83.3 cm³/mol. The Labute approximate surface area is 130 Å². The maximum atomic E-state index is 11.5. The van der Waals surface area contributed by atoms with E-state index in [0.717, 1.165) is 10.8 Å². The molecule has 7 heteroatoms. The molecule has 2 heterocycles. The van der Waals surface area contributed by atoms with Crippen LogP contribution in [-0.2, 0) is 9.53 Å². The molecule has 6 nitrogen and oxygen atoms in total. The van der Waals surface area contributed by atoms with Crippen LogP contribution in [0.25, 0.3) is 22.5 Å². The van der Waals surface area contributed by atoms with Gasteiger partial charge >= 0.3 is 5.97 Å². The molecule has 0 N–H and O–H groups in total. The third-order valence-electron chi connectivity index (χ3n) is 2.92. The van der Waals surface area contributed by atoms with Crippen molar-refractivity contribution in [1.82, 2.24) is 19.8 Å². The van der Waals surface area contributed by atoms with Gasteiger partial charge in [0.2, 0.25) is 0 Å². The number of fused-ring (bicyclic) bond motifs is 3. The number of aromatic nitrogens is 4. The van der Waals surface area contributed by atoms with E-state index >= 15 is 0 Å². The number of hydrogen-bond donors (Lipinski definition) is 0. The van der Waals surface area contributed by atoms with Gasteiger partial charge in [0.15, 0.2) is 11.5 Å². The lowest BCUT2D eigenvalue weighted by Crippen LogP contribution is -2.02. The van der Waals surface area contributed by atoms with Gasteiger partial charge in [-0.15, -0.1) is 10.2 Å². The second kappa shape index (κ2) is 5.95. The zero-order valence-corrected chi connectivity index (χ0v) is 12.2. The number of ether oxygens (including phenoxy) is 1. The van der Waals surface area contributed by atoms with Crippen LogP contribution < -0.4 is 0 Å². The maximum absolute atomic E-state index is 11.5. The molecule has 0 spiro atoms.